The summed E-state index contributed by atoms with van der Waals surface area (Å²) in [5, 5.41) is 0. The third-order valence-corrected chi connectivity index (χ3v) is 4.63. The van der Waals surface area contributed by atoms with E-state index in [0.29, 0.717) is 13.1 Å². The van der Waals surface area contributed by atoms with Gasteiger partial charge < -0.3 is 5.73 Å². The smallest absolute Gasteiger partial charge is 0.279 e. The zero-order chi connectivity index (χ0) is 12.2. The van der Waals surface area contributed by atoms with Crippen LogP contribution in [0.2, 0.25) is 0 Å². The Labute approximate surface area is 98.6 Å². The number of nitrogens with one attached hydrogen (secondary N) is 1. The van der Waals surface area contributed by atoms with Gasteiger partial charge in [-0.1, -0.05) is 0 Å². The lowest BCUT2D eigenvalue weighted by atomic mass is 10.1. The van der Waals surface area contributed by atoms with E-state index in [1.54, 1.807) is 4.31 Å². The zero-order valence-corrected chi connectivity index (χ0v) is 11.0. The van der Waals surface area contributed by atoms with Crippen molar-refractivity contribution in [3.63, 3.8) is 0 Å². The first kappa shape index (κ1) is 13.9. The molecule has 0 aliphatic carbocycles. The fourth-order valence-corrected chi connectivity index (χ4v) is 3.84. The summed E-state index contributed by atoms with van der Waals surface area (Å²) in [4.78, 5) is 0. The number of hydrogen-bond donors (Lipinski definition) is 2. The lowest BCUT2D eigenvalue weighted by Gasteiger charge is -2.25. The van der Waals surface area contributed by atoms with Gasteiger partial charge in [0.15, 0.2) is 0 Å². The Morgan fingerprint density at radius 3 is 2.75 bits per heavy atom. The Balaban J connectivity index is 2.63. The Bertz CT molecular complexity index is 303. The van der Waals surface area contributed by atoms with Crippen molar-refractivity contribution < 1.29 is 8.42 Å². The van der Waals surface area contributed by atoms with Gasteiger partial charge in [0.1, 0.15) is 0 Å². The summed E-state index contributed by atoms with van der Waals surface area (Å²) in [6.45, 7) is 4.93. The summed E-state index contributed by atoms with van der Waals surface area (Å²) in [6, 6.07) is 0.0839. The molecular weight excluding hydrogens is 226 g/mol. The molecule has 0 aromatic heterocycles. The Morgan fingerprint density at radius 2 is 2.19 bits per heavy atom. The molecule has 0 radical (unpaired) electrons. The molecule has 0 aromatic rings. The molecule has 3 N–H and O–H groups in total. The third kappa shape index (κ3) is 3.69. The maximum absolute atomic E-state index is 12.0. The maximum atomic E-state index is 12.0. The second-order valence-electron chi connectivity index (χ2n) is 4.62. The predicted molar refractivity (Wildman–Crippen MR) is 65.2 cm³/mol. The summed E-state index contributed by atoms with van der Waals surface area (Å²) in [7, 11) is -3.30. The lowest BCUT2D eigenvalue weighted by molar-refractivity contribution is 0.357. The molecule has 0 saturated carbocycles. The van der Waals surface area contributed by atoms with Crippen molar-refractivity contribution in [2.45, 2.75) is 51.6 Å². The average Bonchev–Trinajstić information content (AvgIpc) is 2.61. The summed E-state index contributed by atoms with van der Waals surface area (Å²) < 4.78 is 28.2. The van der Waals surface area contributed by atoms with Gasteiger partial charge in [-0.3, -0.25) is 0 Å². The lowest BCUT2D eigenvalue weighted by Crippen LogP contribution is -2.45. The highest BCUT2D eigenvalue weighted by Crippen LogP contribution is 2.23. The van der Waals surface area contributed by atoms with Gasteiger partial charge in [0, 0.05) is 18.6 Å². The van der Waals surface area contributed by atoms with Crippen molar-refractivity contribution in [3.8, 4) is 0 Å². The molecule has 0 spiro atoms. The molecule has 5 nitrogen and oxygen atoms in total. The van der Waals surface area contributed by atoms with Gasteiger partial charge in [0.25, 0.3) is 10.2 Å². The monoisotopic (exact) mass is 249 g/mol. The molecule has 1 atom stereocenters. The Morgan fingerprint density at radius 1 is 1.50 bits per heavy atom. The Hall–Kier alpha value is -0.170. The van der Waals surface area contributed by atoms with Gasteiger partial charge in [0.2, 0.25) is 0 Å². The van der Waals surface area contributed by atoms with Crippen molar-refractivity contribution >= 4 is 10.2 Å². The molecule has 1 aliphatic rings. The molecule has 0 amide bonds. The topological polar surface area (TPSA) is 75.4 Å². The van der Waals surface area contributed by atoms with E-state index in [4.69, 9.17) is 5.73 Å². The summed E-state index contributed by atoms with van der Waals surface area (Å²) in [6.07, 6.45) is 3.67. The van der Waals surface area contributed by atoms with Gasteiger partial charge in [-0.2, -0.15) is 17.4 Å². The van der Waals surface area contributed by atoms with Crippen LogP contribution in [0.1, 0.15) is 39.5 Å². The fourth-order valence-electron chi connectivity index (χ4n) is 2.13. The first-order chi connectivity index (χ1) is 7.47. The number of hydrogen-bond acceptors (Lipinski definition) is 3. The molecule has 1 rings (SSSR count). The molecule has 1 heterocycles. The molecule has 96 valence electrons. The van der Waals surface area contributed by atoms with Crippen LogP contribution in [0.25, 0.3) is 0 Å². The van der Waals surface area contributed by atoms with E-state index in [0.717, 1.165) is 25.7 Å². The molecule has 6 heteroatoms. The van der Waals surface area contributed by atoms with Crippen LogP contribution in [0.15, 0.2) is 0 Å². The molecular formula is C10H23N3O2S. The minimum Gasteiger partial charge on any atom is -0.330 e. The van der Waals surface area contributed by atoms with Gasteiger partial charge in [-0.15, -0.1) is 0 Å². The summed E-state index contributed by atoms with van der Waals surface area (Å²) >= 11 is 0. The van der Waals surface area contributed by atoms with E-state index in [1.807, 2.05) is 13.8 Å². The fraction of sp³-hybridized carbons (Fsp3) is 1.00. The number of nitrogens with two attached hydrogens (primary N) is 1. The van der Waals surface area contributed by atoms with Crippen molar-refractivity contribution in [1.82, 2.24) is 9.03 Å². The first-order valence-electron chi connectivity index (χ1n) is 5.96. The van der Waals surface area contributed by atoms with Crippen molar-refractivity contribution in [2.75, 3.05) is 13.1 Å². The van der Waals surface area contributed by atoms with Crippen LogP contribution in [0.4, 0.5) is 0 Å². The molecule has 0 aromatic carbocycles. The summed E-state index contributed by atoms with van der Waals surface area (Å²) in [5.74, 6) is 0. The van der Waals surface area contributed by atoms with Crippen LogP contribution in [-0.2, 0) is 10.2 Å². The zero-order valence-electron chi connectivity index (χ0n) is 10.1. The van der Waals surface area contributed by atoms with Gasteiger partial charge in [-0.05, 0) is 46.1 Å². The molecule has 1 unspecified atom stereocenters. The first-order valence-corrected chi connectivity index (χ1v) is 7.40. The normalized spacial score (nSPS) is 23.1. The van der Waals surface area contributed by atoms with E-state index in [-0.39, 0.29) is 12.1 Å². The third-order valence-electron chi connectivity index (χ3n) is 2.76. The highest BCUT2D eigenvalue weighted by molar-refractivity contribution is 7.87. The SMILES string of the molecule is CC(C)NS(=O)(=O)N1CCCC1CCCN. The Kier molecular flexibility index (Phi) is 5.17. The molecule has 16 heavy (non-hydrogen) atoms. The predicted octanol–water partition coefficient (Wildman–Crippen LogP) is 0.433. The second kappa shape index (κ2) is 5.95. The van der Waals surface area contributed by atoms with E-state index in [1.165, 1.54) is 0 Å². The van der Waals surface area contributed by atoms with E-state index < -0.39 is 10.2 Å². The second-order valence-corrected chi connectivity index (χ2v) is 6.27. The van der Waals surface area contributed by atoms with Crippen molar-refractivity contribution in [2.24, 2.45) is 5.73 Å². The highest BCUT2D eigenvalue weighted by atomic mass is 32.2. The van der Waals surface area contributed by atoms with Crippen molar-refractivity contribution in [1.29, 1.82) is 0 Å². The van der Waals surface area contributed by atoms with Crippen LogP contribution >= 0.6 is 0 Å². The highest BCUT2D eigenvalue weighted by Gasteiger charge is 2.33. The van der Waals surface area contributed by atoms with E-state index >= 15 is 0 Å². The number of nitrogens with zero attached hydrogens (tertiary/aromatic N) is 1. The van der Waals surface area contributed by atoms with Crippen LogP contribution in [0.3, 0.4) is 0 Å². The van der Waals surface area contributed by atoms with Crippen LogP contribution in [0.5, 0.6) is 0 Å². The largest absolute Gasteiger partial charge is 0.330 e. The van der Waals surface area contributed by atoms with E-state index in [2.05, 4.69) is 4.72 Å². The number of rotatable bonds is 6. The van der Waals surface area contributed by atoms with Crippen LogP contribution in [0, 0.1) is 0 Å². The summed E-state index contributed by atoms with van der Waals surface area (Å²) in [5.41, 5.74) is 5.46. The standard InChI is InChI=1S/C10H23N3O2S/c1-9(2)12-16(14,15)13-8-4-6-10(13)5-3-7-11/h9-10,12H,3-8,11H2,1-2H3. The van der Waals surface area contributed by atoms with Gasteiger partial charge >= 0.3 is 0 Å². The van der Waals surface area contributed by atoms with Gasteiger partial charge in [-0.25, -0.2) is 0 Å². The van der Waals surface area contributed by atoms with Crippen LogP contribution < -0.4 is 10.5 Å². The molecule has 0 bridgehead atoms. The average molecular weight is 249 g/mol. The van der Waals surface area contributed by atoms with Crippen LogP contribution in [-0.4, -0.2) is 37.9 Å². The van der Waals surface area contributed by atoms with Crippen molar-refractivity contribution in [3.05, 3.63) is 0 Å². The van der Waals surface area contributed by atoms with Gasteiger partial charge in [0.05, 0.1) is 0 Å². The minimum absolute atomic E-state index is 0.0549. The molecule has 1 saturated heterocycles. The maximum Gasteiger partial charge on any atom is 0.279 e. The molecule has 1 fully saturated rings. The minimum atomic E-state index is -3.30. The molecule has 1 aliphatic heterocycles. The van der Waals surface area contributed by atoms with E-state index in [9.17, 15) is 8.42 Å². The quantitative estimate of drug-likeness (QED) is 0.717.